The second kappa shape index (κ2) is 2.08. The van der Waals surface area contributed by atoms with Gasteiger partial charge in [0, 0.05) is 7.85 Å². The molecule has 6 rings (SSSR count). The highest BCUT2D eigenvalue weighted by Gasteiger charge is 2.86. The Labute approximate surface area is 112 Å². The van der Waals surface area contributed by atoms with Crippen molar-refractivity contribution >= 4 is 45.2 Å². The lowest BCUT2D eigenvalue weighted by Crippen LogP contribution is -2.37. The summed E-state index contributed by atoms with van der Waals surface area (Å²) in [5, 5.41) is 0. The molecule has 2 heteroatoms. The first-order valence-corrected chi connectivity index (χ1v) is 8.44. The highest BCUT2D eigenvalue weighted by Crippen LogP contribution is 2.89. The van der Waals surface area contributed by atoms with Crippen LogP contribution in [0.2, 0.25) is 0 Å². The van der Waals surface area contributed by atoms with Gasteiger partial charge >= 0.3 is 0 Å². The van der Waals surface area contributed by atoms with Crippen LogP contribution in [0.15, 0.2) is 0 Å². The molecular formula is C12H14I2. The Bertz CT molecular complexity index is 348. The average Bonchev–Trinajstić information content (AvgIpc) is 2.81. The summed E-state index contributed by atoms with van der Waals surface area (Å²) in [5.41, 5.74) is 0.782. The third-order valence-corrected chi connectivity index (χ3v) is 10.6. The summed E-state index contributed by atoms with van der Waals surface area (Å²) in [4.78, 5) is 0. The molecule has 0 nitrogen and oxygen atoms in total. The first-order valence-electron chi connectivity index (χ1n) is 5.95. The van der Waals surface area contributed by atoms with E-state index in [4.69, 9.17) is 0 Å². The van der Waals surface area contributed by atoms with Crippen molar-refractivity contribution in [3.05, 3.63) is 0 Å². The van der Waals surface area contributed by atoms with E-state index in [1.54, 1.807) is 6.42 Å². The zero-order valence-corrected chi connectivity index (χ0v) is 12.5. The van der Waals surface area contributed by atoms with Crippen LogP contribution >= 0.6 is 45.2 Å². The number of halogens is 2. The van der Waals surface area contributed by atoms with Crippen LogP contribution in [0.1, 0.15) is 13.3 Å². The fourth-order valence-corrected chi connectivity index (χ4v) is 11.1. The smallest absolute Gasteiger partial charge is 0.0203 e. The van der Waals surface area contributed by atoms with Crippen molar-refractivity contribution in [2.24, 2.45) is 46.8 Å². The highest BCUT2D eigenvalue weighted by molar-refractivity contribution is 14.1. The van der Waals surface area contributed by atoms with Gasteiger partial charge in [-0.25, -0.2) is 0 Å². The fraction of sp³-hybridized carbons (Fsp3) is 1.00. The molecule has 0 aromatic rings. The van der Waals surface area contributed by atoms with Gasteiger partial charge in [0.2, 0.25) is 0 Å². The zero-order valence-electron chi connectivity index (χ0n) is 8.16. The van der Waals surface area contributed by atoms with Gasteiger partial charge in [-0.3, -0.25) is 0 Å². The molecule has 0 aromatic heterocycles. The summed E-state index contributed by atoms with van der Waals surface area (Å²) in [6, 6.07) is 0. The molecule has 0 spiro atoms. The second-order valence-corrected chi connectivity index (χ2v) is 9.34. The van der Waals surface area contributed by atoms with Crippen molar-refractivity contribution in [1.82, 2.24) is 0 Å². The van der Waals surface area contributed by atoms with Gasteiger partial charge in [-0.2, -0.15) is 0 Å². The maximum atomic E-state index is 2.82. The van der Waals surface area contributed by atoms with Crippen molar-refractivity contribution in [3.8, 4) is 0 Å². The maximum absolute atomic E-state index is 2.82. The molecule has 0 amide bonds. The Morgan fingerprint density at radius 2 is 1.79 bits per heavy atom. The summed E-state index contributed by atoms with van der Waals surface area (Å²) in [7, 11) is 0. The van der Waals surface area contributed by atoms with E-state index >= 15 is 0 Å². The quantitative estimate of drug-likeness (QED) is 0.423. The van der Waals surface area contributed by atoms with E-state index in [0.29, 0.717) is 0 Å². The molecule has 0 aromatic carbocycles. The Balaban J connectivity index is 1.88. The minimum absolute atomic E-state index is 0.782. The Hall–Kier alpha value is 1.46. The van der Waals surface area contributed by atoms with E-state index in [0.717, 1.165) is 36.9 Å². The van der Waals surface area contributed by atoms with E-state index in [2.05, 4.69) is 52.1 Å². The highest BCUT2D eigenvalue weighted by atomic mass is 127. The third kappa shape index (κ3) is 0.519. The monoisotopic (exact) mass is 412 g/mol. The van der Waals surface area contributed by atoms with Gasteiger partial charge in [-0.05, 0) is 53.3 Å². The lowest BCUT2D eigenvalue weighted by molar-refractivity contribution is 0.0703. The first-order chi connectivity index (χ1) is 6.67. The van der Waals surface area contributed by atoms with Crippen molar-refractivity contribution in [3.63, 3.8) is 0 Å². The van der Waals surface area contributed by atoms with Gasteiger partial charge < -0.3 is 0 Å². The van der Waals surface area contributed by atoms with E-state index in [-0.39, 0.29) is 0 Å². The minimum Gasteiger partial charge on any atom is -0.0820 e. The van der Waals surface area contributed by atoms with Gasteiger partial charge in [-0.15, -0.1) is 0 Å². The number of hydrogen-bond donors (Lipinski definition) is 0. The lowest BCUT2D eigenvalue weighted by Gasteiger charge is -2.40. The molecule has 76 valence electrons. The molecule has 0 unspecified atom stereocenters. The van der Waals surface area contributed by atoms with Crippen LogP contribution in [-0.4, -0.2) is 7.85 Å². The summed E-state index contributed by atoms with van der Waals surface area (Å²) in [6.07, 6.45) is 1.63. The topological polar surface area (TPSA) is 0 Å². The molecule has 6 fully saturated rings. The van der Waals surface area contributed by atoms with E-state index in [1.165, 1.54) is 17.8 Å². The lowest BCUT2D eigenvalue weighted by atomic mass is 9.64. The molecule has 0 aliphatic heterocycles. The van der Waals surface area contributed by atoms with Gasteiger partial charge in [0.15, 0.2) is 0 Å². The largest absolute Gasteiger partial charge is 0.0820 e. The fourth-order valence-electron chi connectivity index (χ4n) is 6.99. The van der Waals surface area contributed by atoms with Crippen molar-refractivity contribution in [1.29, 1.82) is 0 Å². The minimum atomic E-state index is 0.782. The van der Waals surface area contributed by atoms with Gasteiger partial charge in [0.1, 0.15) is 0 Å². The first kappa shape index (κ1) is 8.54. The zero-order chi connectivity index (χ0) is 9.40. The van der Waals surface area contributed by atoms with Gasteiger partial charge in [-0.1, -0.05) is 52.1 Å². The van der Waals surface area contributed by atoms with Crippen LogP contribution < -0.4 is 0 Å². The molecule has 6 aliphatic carbocycles. The Kier molecular flexibility index (Phi) is 1.27. The predicted molar refractivity (Wildman–Crippen MR) is 72.8 cm³/mol. The predicted octanol–water partition coefficient (Wildman–Crippen LogP) is 3.37. The molecule has 10 atom stereocenters. The van der Waals surface area contributed by atoms with Gasteiger partial charge in [0.05, 0.1) is 0 Å². The summed E-state index contributed by atoms with van der Waals surface area (Å²) >= 11 is 5.64. The van der Waals surface area contributed by atoms with Crippen molar-refractivity contribution in [2.45, 2.75) is 21.2 Å². The molecule has 0 radical (unpaired) electrons. The average molecular weight is 412 g/mol. The number of hydrogen-bond acceptors (Lipinski definition) is 0. The van der Waals surface area contributed by atoms with Crippen LogP contribution in [0.5, 0.6) is 0 Å². The molecule has 6 bridgehead atoms. The van der Waals surface area contributed by atoms with Crippen LogP contribution in [0, 0.1) is 46.8 Å². The third-order valence-electron chi connectivity index (χ3n) is 6.84. The SMILES string of the molecule is C[C@]12[C@@H]3[C@H](I)[C@@H]4[C@H]5C[C@@H]([C@H]([C@H]53)[C@H]1I)[C@H]42. The Morgan fingerprint density at radius 3 is 2.50 bits per heavy atom. The van der Waals surface area contributed by atoms with E-state index in [9.17, 15) is 0 Å². The van der Waals surface area contributed by atoms with Crippen LogP contribution in [0.4, 0.5) is 0 Å². The molecule has 14 heavy (non-hydrogen) atoms. The van der Waals surface area contributed by atoms with Crippen molar-refractivity contribution in [2.75, 3.05) is 0 Å². The Morgan fingerprint density at radius 1 is 1.00 bits per heavy atom. The second-order valence-electron chi connectivity index (χ2n) is 6.56. The molecule has 0 N–H and O–H groups in total. The maximum Gasteiger partial charge on any atom is 0.0203 e. The van der Waals surface area contributed by atoms with Crippen LogP contribution in [0.3, 0.4) is 0 Å². The standard InChI is InChI=1S/C12H14I2/c1-12-8-4-2-3-5(6(4)11(12)14)9(12)10(13)7(3)8/h3-11H,2H2,1H3/t3-,4-,5-,6+,7+,8+,9-,10+,11+,12-/m0/s1. The van der Waals surface area contributed by atoms with E-state index < -0.39 is 0 Å². The van der Waals surface area contributed by atoms with Crippen LogP contribution in [0.25, 0.3) is 0 Å². The molecule has 6 aliphatic rings. The summed E-state index contributed by atoms with van der Waals surface area (Å²) in [5.74, 6) is 8.18. The molecule has 0 heterocycles. The molecule has 0 saturated heterocycles. The molecule has 6 saturated carbocycles. The normalized spacial score (nSPS) is 85.5. The summed E-state index contributed by atoms with van der Waals surface area (Å²) < 4.78 is 2.10. The van der Waals surface area contributed by atoms with Crippen LogP contribution in [-0.2, 0) is 0 Å². The van der Waals surface area contributed by atoms with Crippen molar-refractivity contribution < 1.29 is 0 Å². The molecular weight excluding hydrogens is 398 g/mol. The van der Waals surface area contributed by atoms with E-state index in [1.807, 2.05) is 0 Å². The summed E-state index contributed by atoms with van der Waals surface area (Å²) in [6.45, 7) is 2.65. The van der Waals surface area contributed by atoms with Gasteiger partial charge in [0.25, 0.3) is 0 Å². The number of rotatable bonds is 0. The number of alkyl halides is 2.